The molecule has 8 rings (SSSR count). The summed E-state index contributed by atoms with van der Waals surface area (Å²) in [7, 11) is 3.85. The Balaban J connectivity index is 1.24. The van der Waals surface area contributed by atoms with Gasteiger partial charge in [-0.25, -0.2) is 19.2 Å². The second-order valence-corrected chi connectivity index (χ2v) is 18.5. The number of anilines is 1. The van der Waals surface area contributed by atoms with E-state index in [1.807, 2.05) is 18.5 Å². The fourth-order valence-corrected chi connectivity index (χ4v) is 9.76. The number of benzene rings is 1. The number of fused-ring (bicyclic) bond motifs is 6. The number of amides is 2. The topological polar surface area (TPSA) is 134 Å². The molecule has 16 heteroatoms. The molecule has 3 aromatic heterocycles. The molecule has 2 saturated heterocycles. The maximum Gasteiger partial charge on any atom is 0.324 e. The number of cyclic esters (lactones) is 1. The van der Waals surface area contributed by atoms with Gasteiger partial charge in [-0.3, -0.25) is 24.4 Å². The number of hydrazine groups is 1. The van der Waals surface area contributed by atoms with Crippen LogP contribution in [0.1, 0.15) is 69.3 Å². The van der Waals surface area contributed by atoms with Gasteiger partial charge in [-0.15, -0.1) is 11.3 Å². The van der Waals surface area contributed by atoms with Crippen molar-refractivity contribution < 1.29 is 32.6 Å². The molecule has 6 heterocycles. The van der Waals surface area contributed by atoms with Crippen LogP contribution in [-0.2, 0) is 43.2 Å². The van der Waals surface area contributed by atoms with Crippen molar-refractivity contribution in [3.63, 3.8) is 0 Å². The minimum absolute atomic E-state index is 0.0593. The Bertz CT molecular complexity index is 2250. The van der Waals surface area contributed by atoms with E-state index in [2.05, 4.69) is 77.2 Å². The van der Waals surface area contributed by atoms with Crippen LogP contribution in [0.4, 0.5) is 14.5 Å². The average Bonchev–Trinajstić information content (AvgIpc) is 3.84. The first-order chi connectivity index (χ1) is 28.7. The molecule has 2 amide bonds. The third-order valence-corrected chi connectivity index (χ3v) is 13.5. The molecule has 0 radical (unpaired) electrons. The Morgan fingerprint density at radius 3 is 2.65 bits per heavy atom. The minimum atomic E-state index is -2.60. The highest BCUT2D eigenvalue weighted by Gasteiger charge is 2.50. The molecule has 322 valence electrons. The van der Waals surface area contributed by atoms with Crippen molar-refractivity contribution >= 4 is 45.7 Å². The van der Waals surface area contributed by atoms with E-state index >= 15 is 0 Å². The van der Waals surface area contributed by atoms with Crippen molar-refractivity contribution in [1.82, 2.24) is 35.2 Å². The number of esters is 1. The maximum absolute atomic E-state index is 14.1. The number of ether oxygens (including phenoxy) is 2. The zero-order valence-corrected chi connectivity index (χ0v) is 36.1. The molecule has 5 atom stereocenters. The van der Waals surface area contributed by atoms with E-state index < -0.39 is 53.5 Å². The second kappa shape index (κ2) is 17.1. The van der Waals surface area contributed by atoms with Crippen LogP contribution in [0.2, 0.25) is 0 Å². The molecule has 1 aromatic carbocycles. The fraction of sp³-hybridized carbons (Fsp3) is 0.568. The molecule has 0 unspecified atom stereocenters. The van der Waals surface area contributed by atoms with Crippen molar-refractivity contribution in [2.75, 3.05) is 58.4 Å². The van der Waals surface area contributed by atoms with Gasteiger partial charge in [0.15, 0.2) is 0 Å². The van der Waals surface area contributed by atoms with Gasteiger partial charge in [0, 0.05) is 97.5 Å². The molecular weight excluding hydrogens is 791 g/mol. The summed E-state index contributed by atoms with van der Waals surface area (Å²) in [6.07, 6.45) is 0.774. The fourth-order valence-electron chi connectivity index (χ4n) is 8.91. The van der Waals surface area contributed by atoms with Crippen LogP contribution in [-0.4, -0.2) is 114 Å². The number of pyridine rings is 1. The summed E-state index contributed by atoms with van der Waals surface area (Å²) in [6, 6.07) is 6.76. The number of carbonyl (C=O) groups excluding carboxylic acids is 3. The van der Waals surface area contributed by atoms with Crippen LogP contribution in [0, 0.1) is 17.3 Å². The number of rotatable bonds is 8. The van der Waals surface area contributed by atoms with Gasteiger partial charge in [0.2, 0.25) is 12.3 Å². The van der Waals surface area contributed by atoms with Gasteiger partial charge in [-0.05, 0) is 70.3 Å². The van der Waals surface area contributed by atoms with Crippen LogP contribution >= 0.6 is 11.3 Å². The lowest BCUT2D eigenvalue weighted by molar-refractivity contribution is -0.155. The van der Waals surface area contributed by atoms with Crippen molar-refractivity contribution in [2.45, 2.75) is 91.0 Å². The number of aryl methyl sites for hydroxylation is 1. The number of thiazole rings is 1. The van der Waals surface area contributed by atoms with E-state index in [1.165, 1.54) is 16.3 Å². The normalized spacial score (nSPS) is 24.4. The van der Waals surface area contributed by atoms with E-state index in [9.17, 15) is 23.2 Å². The van der Waals surface area contributed by atoms with Crippen molar-refractivity contribution in [3.8, 4) is 22.5 Å². The van der Waals surface area contributed by atoms with Crippen molar-refractivity contribution in [1.29, 1.82) is 0 Å². The van der Waals surface area contributed by atoms with Crippen LogP contribution in [0.15, 0.2) is 35.8 Å². The SMILES string of the molecule is CCn1c(-c2cc(N3CCN(C)CC3)cnc2[C@H](C)OC)c2c3cc(ccc31)-c1csc(n1)C[C@H](NC(=O)[C@H]1C[C@@H]1C(F)F)C(=O)N1CCC[C@H](N1)C(=O)OCC(C)(C)C2. The monoisotopic (exact) mass is 846 g/mol. The highest BCUT2D eigenvalue weighted by Crippen LogP contribution is 2.44. The first-order valence-electron chi connectivity index (χ1n) is 21.1. The molecule has 60 heavy (non-hydrogen) atoms. The van der Waals surface area contributed by atoms with Crippen LogP contribution in [0.3, 0.4) is 0 Å². The predicted octanol–water partition coefficient (Wildman–Crippen LogP) is 5.86. The minimum Gasteiger partial charge on any atom is -0.464 e. The maximum atomic E-state index is 14.1. The highest BCUT2D eigenvalue weighted by molar-refractivity contribution is 7.10. The lowest BCUT2D eigenvalue weighted by Gasteiger charge is -2.35. The number of methoxy groups -OCH3 is 1. The molecule has 4 aromatic rings. The Labute approximate surface area is 353 Å². The van der Waals surface area contributed by atoms with E-state index in [0.717, 1.165) is 76.5 Å². The number of carbonyl (C=O) groups is 3. The number of piperazine rings is 1. The Kier molecular flexibility index (Phi) is 12.0. The zero-order valence-electron chi connectivity index (χ0n) is 35.3. The number of hydrogen-bond donors (Lipinski definition) is 2. The lowest BCUT2D eigenvalue weighted by atomic mass is 9.84. The van der Waals surface area contributed by atoms with Crippen LogP contribution < -0.4 is 15.6 Å². The zero-order chi connectivity index (χ0) is 42.5. The van der Waals surface area contributed by atoms with Gasteiger partial charge in [-0.2, -0.15) is 0 Å². The molecular formula is C44H56F2N8O5S. The molecule has 3 fully saturated rings. The summed E-state index contributed by atoms with van der Waals surface area (Å²) >= 11 is 1.38. The van der Waals surface area contributed by atoms with Crippen LogP contribution in [0.25, 0.3) is 33.4 Å². The van der Waals surface area contributed by atoms with Gasteiger partial charge >= 0.3 is 5.97 Å². The smallest absolute Gasteiger partial charge is 0.324 e. The van der Waals surface area contributed by atoms with Gasteiger partial charge < -0.3 is 29.2 Å². The first-order valence-corrected chi connectivity index (χ1v) is 22.0. The predicted molar refractivity (Wildman–Crippen MR) is 227 cm³/mol. The Morgan fingerprint density at radius 2 is 1.93 bits per heavy atom. The standard InChI is InChI=1S/C44H56F2N8O5S/c1-7-53-36-11-10-26-17-28(36)32(39(53)31-18-27(22-47-38(31)25(2)58-6)52-15-13-51(5)14-16-52)21-44(3,4)24-59-43(57)33-9-8-12-54(50-33)42(56)34(20-37-48-35(26)23-60-37)49-41(55)30-19-29(30)40(45)46/h10-11,17-18,22-23,25,29-30,33-34,40,50H,7-9,12-16,19-21,24H2,1-6H3,(H,49,55)/t25-,29-,30-,33-,34-/m0/s1. The van der Waals surface area contributed by atoms with Crippen molar-refractivity contribution in [2.24, 2.45) is 17.3 Å². The van der Waals surface area contributed by atoms with Gasteiger partial charge in [0.05, 0.1) is 46.7 Å². The number of hydrogen-bond acceptors (Lipinski definition) is 11. The number of alkyl halides is 2. The van der Waals surface area contributed by atoms with Gasteiger partial charge in [0.1, 0.15) is 12.1 Å². The molecule has 13 nitrogen and oxygen atoms in total. The lowest BCUT2D eigenvalue weighted by Crippen LogP contribution is -2.60. The molecule has 0 spiro atoms. The number of nitrogens with zero attached hydrogens (tertiary/aromatic N) is 6. The van der Waals surface area contributed by atoms with Gasteiger partial charge in [0.25, 0.3) is 5.91 Å². The first kappa shape index (κ1) is 42.2. The molecule has 2 N–H and O–H groups in total. The summed E-state index contributed by atoms with van der Waals surface area (Å²) in [5.74, 6) is -3.37. The van der Waals surface area contributed by atoms with E-state index in [1.54, 1.807) is 7.11 Å². The second-order valence-electron chi connectivity index (χ2n) is 17.6. The van der Waals surface area contributed by atoms with Gasteiger partial charge in [-0.1, -0.05) is 19.9 Å². The number of likely N-dealkylation sites (N-methyl/N-ethyl adjacent to an activating group) is 1. The summed E-state index contributed by atoms with van der Waals surface area (Å²) in [5, 5.41) is 7.75. The van der Waals surface area contributed by atoms with E-state index in [4.69, 9.17) is 19.4 Å². The number of halogens is 2. The Morgan fingerprint density at radius 1 is 1.15 bits per heavy atom. The van der Waals surface area contributed by atoms with E-state index in [-0.39, 0.29) is 25.6 Å². The summed E-state index contributed by atoms with van der Waals surface area (Å²) in [5.41, 5.74) is 10.2. The quantitative estimate of drug-likeness (QED) is 0.208. The van der Waals surface area contributed by atoms with E-state index in [0.29, 0.717) is 37.4 Å². The summed E-state index contributed by atoms with van der Waals surface area (Å²) < 4.78 is 41.3. The molecule has 4 aliphatic rings. The summed E-state index contributed by atoms with van der Waals surface area (Å²) in [6.45, 7) is 13.2. The molecule has 6 bridgehead atoms. The molecule has 3 aliphatic heterocycles. The average molecular weight is 847 g/mol. The Hall–Kier alpha value is -4.51. The van der Waals surface area contributed by atoms with Crippen molar-refractivity contribution in [3.05, 3.63) is 52.1 Å². The largest absolute Gasteiger partial charge is 0.464 e. The number of aromatic nitrogens is 3. The number of nitrogens with one attached hydrogen (secondary N) is 2. The third kappa shape index (κ3) is 8.52. The highest BCUT2D eigenvalue weighted by atomic mass is 32.1. The third-order valence-electron chi connectivity index (χ3n) is 12.6. The van der Waals surface area contributed by atoms with Crippen LogP contribution in [0.5, 0.6) is 0 Å². The molecule has 1 saturated carbocycles. The molecule has 1 aliphatic carbocycles. The summed E-state index contributed by atoms with van der Waals surface area (Å²) in [4.78, 5) is 55.9.